The van der Waals surface area contributed by atoms with E-state index in [4.69, 9.17) is 0 Å². The van der Waals surface area contributed by atoms with Gasteiger partial charge in [0.25, 0.3) is 0 Å². The lowest BCUT2D eigenvalue weighted by molar-refractivity contribution is 0.105. The summed E-state index contributed by atoms with van der Waals surface area (Å²) >= 11 is 0. The van der Waals surface area contributed by atoms with Gasteiger partial charge < -0.3 is 10.2 Å². The Kier molecular flexibility index (Phi) is 4.20. The molecule has 13 heavy (non-hydrogen) atoms. The van der Waals surface area contributed by atoms with Crippen molar-refractivity contribution in [1.29, 1.82) is 0 Å². The molecule has 78 valence electrons. The molecule has 1 saturated heterocycles. The van der Waals surface area contributed by atoms with Crippen molar-refractivity contribution in [2.24, 2.45) is 11.8 Å². The Morgan fingerprint density at radius 3 is 2.46 bits per heavy atom. The second-order valence-electron chi connectivity index (χ2n) is 4.35. The van der Waals surface area contributed by atoms with Crippen molar-refractivity contribution in [3.8, 4) is 0 Å². The molecular weight excluding hydrogens is 160 g/mol. The normalized spacial score (nSPS) is 36.5. The van der Waals surface area contributed by atoms with Gasteiger partial charge in [0.05, 0.1) is 0 Å². The third kappa shape index (κ3) is 2.68. The molecule has 1 aliphatic heterocycles. The highest BCUT2D eigenvalue weighted by Gasteiger charge is 2.29. The number of piperidine rings is 1. The minimum atomic E-state index is 0.702. The van der Waals surface area contributed by atoms with Crippen molar-refractivity contribution in [2.75, 3.05) is 26.2 Å². The molecule has 2 heteroatoms. The number of hydrogen-bond acceptors (Lipinski definition) is 2. The summed E-state index contributed by atoms with van der Waals surface area (Å²) in [6.45, 7) is 14.0. The Balaban J connectivity index is 2.50. The summed E-state index contributed by atoms with van der Waals surface area (Å²) in [5.74, 6) is 1.65. The molecule has 1 N–H and O–H groups in total. The van der Waals surface area contributed by atoms with Crippen LogP contribution in [0.2, 0.25) is 0 Å². The summed E-state index contributed by atoms with van der Waals surface area (Å²) in [6.07, 6.45) is 0. The monoisotopic (exact) mass is 184 g/mol. The quantitative estimate of drug-likeness (QED) is 0.716. The molecule has 0 aliphatic carbocycles. The SMILES string of the molecule is CCNC1CN(CC)CC(C)C1C. The number of hydrogen-bond donors (Lipinski definition) is 1. The molecule has 0 spiro atoms. The van der Waals surface area contributed by atoms with Crippen LogP contribution in [-0.2, 0) is 0 Å². The van der Waals surface area contributed by atoms with E-state index in [1.54, 1.807) is 0 Å². The zero-order chi connectivity index (χ0) is 9.84. The highest BCUT2D eigenvalue weighted by molar-refractivity contribution is 4.86. The van der Waals surface area contributed by atoms with E-state index in [1.165, 1.54) is 19.6 Å². The summed E-state index contributed by atoms with van der Waals surface area (Å²) in [5.41, 5.74) is 0. The van der Waals surface area contributed by atoms with Gasteiger partial charge in [-0.1, -0.05) is 27.7 Å². The largest absolute Gasteiger partial charge is 0.313 e. The third-order valence-corrected chi connectivity index (χ3v) is 3.45. The van der Waals surface area contributed by atoms with E-state index in [0.717, 1.165) is 18.4 Å². The van der Waals surface area contributed by atoms with Gasteiger partial charge in [-0.2, -0.15) is 0 Å². The minimum Gasteiger partial charge on any atom is -0.313 e. The lowest BCUT2D eigenvalue weighted by Gasteiger charge is -2.41. The van der Waals surface area contributed by atoms with Crippen LogP contribution < -0.4 is 5.32 Å². The molecule has 1 aliphatic rings. The topological polar surface area (TPSA) is 15.3 Å². The number of nitrogens with one attached hydrogen (secondary N) is 1. The molecule has 0 amide bonds. The number of likely N-dealkylation sites (tertiary alicyclic amines) is 1. The number of likely N-dealkylation sites (N-methyl/N-ethyl adjacent to an activating group) is 2. The predicted molar refractivity (Wildman–Crippen MR) is 57.9 cm³/mol. The fraction of sp³-hybridized carbons (Fsp3) is 1.00. The van der Waals surface area contributed by atoms with Crippen LogP contribution in [0.25, 0.3) is 0 Å². The molecule has 1 heterocycles. The molecule has 1 rings (SSSR count). The molecule has 0 radical (unpaired) electrons. The van der Waals surface area contributed by atoms with Gasteiger partial charge in [-0.05, 0) is 24.9 Å². The molecule has 2 nitrogen and oxygen atoms in total. The minimum absolute atomic E-state index is 0.702. The maximum absolute atomic E-state index is 3.59. The molecule has 0 aromatic carbocycles. The maximum atomic E-state index is 3.59. The van der Waals surface area contributed by atoms with Gasteiger partial charge in [-0.25, -0.2) is 0 Å². The second-order valence-corrected chi connectivity index (χ2v) is 4.35. The zero-order valence-corrected chi connectivity index (χ0v) is 9.51. The summed E-state index contributed by atoms with van der Waals surface area (Å²) in [4.78, 5) is 2.55. The van der Waals surface area contributed by atoms with Gasteiger partial charge in [-0.3, -0.25) is 0 Å². The molecule has 0 saturated carbocycles. The van der Waals surface area contributed by atoms with Crippen LogP contribution in [0.5, 0.6) is 0 Å². The highest BCUT2D eigenvalue weighted by atomic mass is 15.2. The molecule has 3 unspecified atom stereocenters. The van der Waals surface area contributed by atoms with Crippen molar-refractivity contribution in [1.82, 2.24) is 10.2 Å². The Labute approximate surface area is 82.7 Å². The summed E-state index contributed by atoms with van der Waals surface area (Å²) < 4.78 is 0. The van der Waals surface area contributed by atoms with Crippen molar-refractivity contribution in [2.45, 2.75) is 33.7 Å². The molecule has 0 aromatic rings. The first-order valence-electron chi connectivity index (χ1n) is 5.64. The van der Waals surface area contributed by atoms with Gasteiger partial charge in [0, 0.05) is 19.1 Å². The van der Waals surface area contributed by atoms with Crippen LogP contribution in [0.3, 0.4) is 0 Å². The van der Waals surface area contributed by atoms with Crippen LogP contribution in [0.4, 0.5) is 0 Å². The van der Waals surface area contributed by atoms with Crippen LogP contribution >= 0.6 is 0 Å². The summed E-state index contributed by atoms with van der Waals surface area (Å²) in [5, 5.41) is 3.59. The van der Waals surface area contributed by atoms with E-state index in [1.807, 2.05) is 0 Å². The fourth-order valence-corrected chi connectivity index (χ4v) is 2.26. The molecular formula is C11H24N2. The molecule has 3 atom stereocenters. The van der Waals surface area contributed by atoms with E-state index in [9.17, 15) is 0 Å². The maximum Gasteiger partial charge on any atom is 0.0223 e. The molecule has 0 aromatic heterocycles. The van der Waals surface area contributed by atoms with E-state index in [-0.39, 0.29) is 0 Å². The lowest BCUT2D eigenvalue weighted by atomic mass is 9.84. The Morgan fingerprint density at radius 1 is 1.23 bits per heavy atom. The third-order valence-electron chi connectivity index (χ3n) is 3.45. The van der Waals surface area contributed by atoms with Crippen molar-refractivity contribution < 1.29 is 0 Å². The van der Waals surface area contributed by atoms with Crippen molar-refractivity contribution >= 4 is 0 Å². The zero-order valence-electron chi connectivity index (χ0n) is 9.51. The van der Waals surface area contributed by atoms with Crippen molar-refractivity contribution in [3.05, 3.63) is 0 Å². The van der Waals surface area contributed by atoms with Crippen LogP contribution in [-0.4, -0.2) is 37.1 Å². The molecule has 0 bridgehead atoms. The van der Waals surface area contributed by atoms with Gasteiger partial charge in [-0.15, -0.1) is 0 Å². The Hall–Kier alpha value is -0.0800. The van der Waals surface area contributed by atoms with E-state index < -0.39 is 0 Å². The smallest absolute Gasteiger partial charge is 0.0223 e. The van der Waals surface area contributed by atoms with Gasteiger partial charge >= 0.3 is 0 Å². The highest BCUT2D eigenvalue weighted by Crippen LogP contribution is 2.22. The number of rotatable bonds is 3. The first-order chi connectivity index (χ1) is 6.19. The summed E-state index contributed by atoms with van der Waals surface area (Å²) in [6, 6.07) is 0.702. The average Bonchev–Trinajstić information content (AvgIpc) is 2.13. The van der Waals surface area contributed by atoms with E-state index >= 15 is 0 Å². The average molecular weight is 184 g/mol. The van der Waals surface area contributed by atoms with Crippen LogP contribution in [0, 0.1) is 11.8 Å². The second kappa shape index (κ2) is 4.97. The Morgan fingerprint density at radius 2 is 1.92 bits per heavy atom. The first kappa shape index (κ1) is 11.0. The Bertz CT molecular complexity index is 147. The van der Waals surface area contributed by atoms with Gasteiger partial charge in [0.1, 0.15) is 0 Å². The number of nitrogens with zero attached hydrogens (tertiary/aromatic N) is 1. The van der Waals surface area contributed by atoms with Crippen LogP contribution in [0.1, 0.15) is 27.7 Å². The van der Waals surface area contributed by atoms with Gasteiger partial charge in [0.2, 0.25) is 0 Å². The van der Waals surface area contributed by atoms with Crippen molar-refractivity contribution in [3.63, 3.8) is 0 Å². The van der Waals surface area contributed by atoms with Crippen LogP contribution in [0.15, 0.2) is 0 Å². The lowest BCUT2D eigenvalue weighted by Crippen LogP contribution is -2.53. The predicted octanol–water partition coefficient (Wildman–Crippen LogP) is 1.57. The summed E-state index contributed by atoms with van der Waals surface area (Å²) in [7, 11) is 0. The first-order valence-corrected chi connectivity index (χ1v) is 5.64. The van der Waals surface area contributed by atoms with E-state index in [0.29, 0.717) is 6.04 Å². The van der Waals surface area contributed by atoms with Gasteiger partial charge in [0.15, 0.2) is 0 Å². The van der Waals surface area contributed by atoms with E-state index in [2.05, 4.69) is 37.9 Å². The standard InChI is InChI=1S/C11H24N2/c1-5-12-11-8-13(6-2)7-9(3)10(11)4/h9-12H,5-8H2,1-4H3. The molecule has 1 fully saturated rings. The fourth-order valence-electron chi connectivity index (χ4n) is 2.26.